The number of hydrogen-bond donors (Lipinski definition) is 1. The molecule has 4 heteroatoms. The standard InChI is InChI=1S/C15H25N3O/c1-4-5-12-18(3)15(16-2)17-11-13-19-14-9-7-6-8-10-14/h6-10H,4-5,11-13H2,1-3H3,(H,16,17). The summed E-state index contributed by atoms with van der Waals surface area (Å²) >= 11 is 0. The number of hydrogen-bond acceptors (Lipinski definition) is 2. The second-order valence-corrected chi connectivity index (χ2v) is 4.41. The molecule has 0 radical (unpaired) electrons. The van der Waals surface area contributed by atoms with Gasteiger partial charge in [0.2, 0.25) is 0 Å². The van der Waals surface area contributed by atoms with E-state index in [-0.39, 0.29) is 0 Å². The Hall–Kier alpha value is -1.71. The first-order valence-corrected chi connectivity index (χ1v) is 6.87. The molecule has 0 aliphatic rings. The number of nitrogens with zero attached hydrogens (tertiary/aromatic N) is 2. The number of rotatable bonds is 7. The van der Waals surface area contributed by atoms with E-state index in [1.165, 1.54) is 12.8 Å². The molecule has 1 N–H and O–H groups in total. The Balaban J connectivity index is 2.23. The lowest BCUT2D eigenvalue weighted by Crippen LogP contribution is -2.41. The summed E-state index contributed by atoms with van der Waals surface area (Å²) in [5, 5.41) is 3.30. The molecule has 0 fully saturated rings. The summed E-state index contributed by atoms with van der Waals surface area (Å²) in [6.45, 7) is 4.59. The largest absolute Gasteiger partial charge is 0.492 e. The molecule has 1 aromatic rings. The van der Waals surface area contributed by atoms with Crippen LogP contribution in [0.25, 0.3) is 0 Å². The SMILES string of the molecule is CCCCN(C)C(=NC)NCCOc1ccccc1. The molecule has 106 valence electrons. The van der Waals surface area contributed by atoms with E-state index in [0.717, 1.165) is 24.8 Å². The number of aliphatic imine (C=N–C) groups is 1. The van der Waals surface area contributed by atoms with Gasteiger partial charge in [-0.1, -0.05) is 31.5 Å². The van der Waals surface area contributed by atoms with Crippen LogP contribution in [0.2, 0.25) is 0 Å². The van der Waals surface area contributed by atoms with Crippen molar-refractivity contribution in [1.82, 2.24) is 10.2 Å². The lowest BCUT2D eigenvalue weighted by Gasteiger charge is -2.21. The molecule has 0 unspecified atom stereocenters. The topological polar surface area (TPSA) is 36.9 Å². The third-order valence-corrected chi connectivity index (χ3v) is 2.82. The summed E-state index contributed by atoms with van der Waals surface area (Å²) < 4.78 is 5.63. The predicted molar refractivity (Wildman–Crippen MR) is 80.8 cm³/mol. The molecule has 0 amide bonds. The molecule has 19 heavy (non-hydrogen) atoms. The molecule has 0 aromatic heterocycles. The highest BCUT2D eigenvalue weighted by atomic mass is 16.5. The zero-order chi connectivity index (χ0) is 13.9. The fourth-order valence-corrected chi connectivity index (χ4v) is 1.73. The van der Waals surface area contributed by atoms with Crippen molar-refractivity contribution in [3.63, 3.8) is 0 Å². The van der Waals surface area contributed by atoms with Gasteiger partial charge in [0.15, 0.2) is 5.96 Å². The Bertz CT molecular complexity index is 365. The summed E-state index contributed by atoms with van der Waals surface area (Å²) in [6.07, 6.45) is 2.37. The molecular weight excluding hydrogens is 238 g/mol. The number of benzene rings is 1. The highest BCUT2D eigenvalue weighted by Gasteiger charge is 2.03. The van der Waals surface area contributed by atoms with Crippen molar-refractivity contribution in [2.45, 2.75) is 19.8 Å². The zero-order valence-corrected chi connectivity index (χ0v) is 12.2. The fraction of sp³-hybridized carbons (Fsp3) is 0.533. The van der Waals surface area contributed by atoms with E-state index in [1.54, 1.807) is 0 Å². The molecule has 1 rings (SSSR count). The minimum atomic E-state index is 0.630. The summed E-state index contributed by atoms with van der Waals surface area (Å²) in [4.78, 5) is 6.41. The molecule has 0 atom stereocenters. The molecule has 0 bridgehead atoms. The first-order chi connectivity index (χ1) is 9.27. The first-order valence-electron chi connectivity index (χ1n) is 6.87. The zero-order valence-electron chi connectivity index (χ0n) is 12.2. The van der Waals surface area contributed by atoms with Crippen LogP contribution in [0, 0.1) is 0 Å². The van der Waals surface area contributed by atoms with Gasteiger partial charge in [0.1, 0.15) is 12.4 Å². The lowest BCUT2D eigenvalue weighted by atomic mass is 10.3. The second-order valence-electron chi connectivity index (χ2n) is 4.41. The van der Waals surface area contributed by atoms with E-state index in [2.05, 4.69) is 29.2 Å². The van der Waals surface area contributed by atoms with Crippen molar-refractivity contribution in [2.75, 3.05) is 33.8 Å². The highest BCUT2D eigenvalue weighted by Crippen LogP contribution is 2.07. The molecule has 0 saturated carbocycles. The van der Waals surface area contributed by atoms with Gasteiger partial charge in [0.05, 0.1) is 6.54 Å². The summed E-state index contributed by atoms with van der Waals surface area (Å²) in [6, 6.07) is 9.85. The van der Waals surface area contributed by atoms with Gasteiger partial charge in [0, 0.05) is 20.6 Å². The van der Waals surface area contributed by atoms with Crippen LogP contribution in [0.4, 0.5) is 0 Å². The van der Waals surface area contributed by atoms with Gasteiger partial charge in [0.25, 0.3) is 0 Å². The minimum absolute atomic E-state index is 0.630. The van der Waals surface area contributed by atoms with Crippen molar-refractivity contribution in [3.8, 4) is 5.75 Å². The molecule has 0 spiro atoms. The van der Waals surface area contributed by atoms with Gasteiger partial charge in [-0.3, -0.25) is 4.99 Å². The first kappa shape index (κ1) is 15.3. The van der Waals surface area contributed by atoms with Crippen molar-refractivity contribution < 1.29 is 4.74 Å². The molecule has 0 aliphatic heterocycles. The Morgan fingerprint density at radius 3 is 2.68 bits per heavy atom. The Labute approximate surface area is 116 Å². The van der Waals surface area contributed by atoms with Crippen LogP contribution in [0.5, 0.6) is 5.75 Å². The minimum Gasteiger partial charge on any atom is -0.492 e. The normalized spacial score (nSPS) is 11.2. The Kier molecular flexibility index (Phi) is 7.47. The van der Waals surface area contributed by atoms with E-state index in [9.17, 15) is 0 Å². The van der Waals surface area contributed by atoms with Crippen molar-refractivity contribution >= 4 is 5.96 Å². The van der Waals surface area contributed by atoms with Crippen LogP contribution < -0.4 is 10.1 Å². The van der Waals surface area contributed by atoms with E-state index in [4.69, 9.17) is 4.74 Å². The average molecular weight is 263 g/mol. The summed E-state index contributed by atoms with van der Waals surface area (Å²) in [5.41, 5.74) is 0. The van der Waals surface area contributed by atoms with Gasteiger partial charge < -0.3 is 15.0 Å². The third kappa shape index (κ3) is 6.13. The molecule has 4 nitrogen and oxygen atoms in total. The maximum absolute atomic E-state index is 5.63. The lowest BCUT2D eigenvalue weighted by molar-refractivity contribution is 0.319. The van der Waals surface area contributed by atoms with E-state index < -0.39 is 0 Å². The van der Waals surface area contributed by atoms with E-state index in [0.29, 0.717) is 6.61 Å². The van der Waals surface area contributed by atoms with Crippen LogP contribution in [-0.4, -0.2) is 44.7 Å². The van der Waals surface area contributed by atoms with Crippen LogP contribution >= 0.6 is 0 Å². The molecule has 0 saturated heterocycles. The van der Waals surface area contributed by atoms with Crippen LogP contribution in [-0.2, 0) is 0 Å². The molecule has 1 aromatic carbocycles. The number of ether oxygens (including phenoxy) is 1. The van der Waals surface area contributed by atoms with Crippen molar-refractivity contribution in [2.24, 2.45) is 4.99 Å². The van der Waals surface area contributed by atoms with Gasteiger partial charge in [-0.05, 0) is 18.6 Å². The smallest absolute Gasteiger partial charge is 0.193 e. The third-order valence-electron chi connectivity index (χ3n) is 2.82. The quantitative estimate of drug-likeness (QED) is 0.466. The Morgan fingerprint density at radius 1 is 1.32 bits per heavy atom. The van der Waals surface area contributed by atoms with E-state index in [1.807, 2.05) is 37.4 Å². The maximum atomic E-state index is 5.63. The molecule has 0 heterocycles. The second kappa shape index (κ2) is 9.25. The number of unbranched alkanes of at least 4 members (excludes halogenated alkanes) is 1. The number of guanidine groups is 1. The van der Waals surface area contributed by atoms with Crippen LogP contribution in [0.1, 0.15) is 19.8 Å². The molecule has 0 aliphatic carbocycles. The average Bonchev–Trinajstić information content (AvgIpc) is 2.46. The number of para-hydroxylation sites is 1. The highest BCUT2D eigenvalue weighted by molar-refractivity contribution is 5.79. The van der Waals surface area contributed by atoms with Gasteiger partial charge >= 0.3 is 0 Å². The van der Waals surface area contributed by atoms with Crippen molar-refractivity contribution in [3.05, 3.63) is 30.3 Å². The molecular formula is C15H25N3O. The monoisotopic (exact) mass is 263 g/mol. The van der Waals surface area contributed by atoms with Crippen molar-refractivity contribution in [1.29, 1.82) is 0 Å². The fourth-order valence-electron chi connectivity index (χ4n) is 1.73. The predicted octanol–water partition coefficient (Wildman–Crippen LogP) is 2.37. The summed E-state index contributed by atoms with van der Waals surface area (Å²) in [5.74, 6) is 1.82. The van der Waals surface area contributed by atoms with Gasteiger partial charge in [-0.2, -0.15) is 0 Å². The number of nitrogens with one attached hydrogen (secondary N) is 1. The van der Waals surface area contributed by atoms with E-state index >= 15 is 0 Å². The maximum Gasteiger partial charge on any atom is 0.193 e. The van der Waals surface area contributed by atoms with Gasteiger partial charge in [-0.25, -0.2) is 0 Å². The van der Waals surface area contributed by atoms with Crippen LogP contribution in [0.15, 0.2) is 35.3 Å². The van der Waals surface area contributed by atoms with Crippen LogP contribution in [0.3, 0.4) is 0 Å². The van der Waals surface area contributed by atoms with Gasteiger partial charge in [-0.15, -0.1) is 0 Å². The summed E-state index contributed by atoms with van der Waals surface area (Å²) in [7, 11) is 3.87. The Morgan fingerprint density at radius 2 is 2.05 bits per heavy atom.